The number of hydrogen-bond acceptors (Lipinski definition) is 5. The normalized spacial score (nSPS) is 22.1. The van der Waals surface area contributed by atoms with Crippen LogP contribution < -0.4 is 11.1 Å². The first-order valence-corrected chi connectivity index (χ1v) is 10.5. The molecule has 3 rings (SSSR count). The summed E-state index contributed by atoms with van der Waals surface area (Å²) in [5.74, 6) is -1.55. The second kappa shape index (κ2) is 10.3. The molecule has 6 nitrogen and oxygen atoms in total. The molecule has 0 saturated carbocycles. The topological polar surface area (TPSA) is 105 Å². The Hall–Kier alpha value is -3.09. The van der Waals surface area contributed by atoms with Crippen LogP contribution >= 0.6 is 0 Å². The van der Waals surface area contributed by atoms with Gasteiger partial charge in [0.05, 0.1) is 11.5 Å². The third kappa shape index (κ3) is 5.54. The van der Waals surface area contributed by atoms with Crippen molar-refractivity contribution in [2.24, 2.45) is 17.6 Å². The molecule has 6 heteroatoms. The van der Waals surface area contributed by atoms with Gasteiger partial charge in [-0.3, -0.25) is 19.9 Å². The number of allylic oxidation sites excluding steroid dienone is 2. The highest BCUT2D eigenvalue weighted by atomic mass is 16.4. The Bertz CT molecular complexity index is 943. The second-order valence-electron chi connectivity index (χ2n) is 8.12. The van der Waals surface area contributed by atoms with E-state index in [2.05, 4.69) is 10.3 Å². The lowest BCUT2D eigenvalue weighted by Gasteiger charge is -2.40. The Morgan fingerprint density at radius 3 is 2.55 bits per heavy atom. The summed E-state index contributed by atoms with van der Waals surface area (Å²) in [7, 11) is 0. The molecule has 1 aliphatic carbocycles. The van der Waals surface area contributed by atoms with Crippen LogP contribution in [-0.2, 0) is 21.7 Å². The van der Waals surface area contributed by atoms with E-state index >= 15 is 0 Å². The fourth-order valence-electron chi connectivity index (χ4n) is 4.10. The van der Waals surface area contributed by atoms with Crippen molar-refractivity contribution < 1.29 is 14.7 Å². The Kier molecular flexibility index (Phi) is 7.50. The number of carbonyl (C=O) groups is 2. The Morgan fingerprint density at radius 1 is 1.16 bits per heavy atom. The molecule has 0 fully saturated rings. The minimum Gasteiger partial charge on any atom is -0.480 e. The summed E-state index contributed by atoms with van der Waals surface area (Å²) in [6.45, 7) is 2.44. The molecule has 1 aromatic carbocycles. The SMILES string of the molecule is CC(CC(=O)C1C=CC=CC1(NCc1ccncc1)c1ccccc1)CC(N)C(=O)O. The van der Waals surface area contributed by atoms with E-state index < -0.39 is 23.5 Å². The summed E-state index contributed by atoms with van der Waals surface area (Å²) in [5.41, 5.74) is 7.04. The van der Waals surface area contributed by atoms with E-state index in [4.69, 9.17) is 10.8 Å². The van der Waals surface area contributed by atoms with E-state index in [0.29, 0.717) is 6.54 Å². The molecule has 1 aliphatic rings. The van der Waals surface area contributed by atoms with Crippen molar-refractivity contribution >= 4 is 11.8 Å². The molecule has 0 amide bonds. The molecule has 0 saturated heterocycles. The molecule has 31 heavy (non-hydrogen) atoms. The minimum atomic E-state index is -1.04. The summed E-state index contributed by atoms with van der Waals surface area (Å²) in [4.78, 5) is 28.6. The van der Waals surface area contributed by atoms with E-state index in [1.807, 2.05) is 73.7 Å². The average molecular weight is 420 g/mol. The lowest BCUT2D eigenvalue weighted by molar-refractivity contribution is -0.139. The number of carboxylic acid groups (broad SMARTS) is 1. The fraction of sp³-hybridized carbons (Fsp3) is 0.320. The molecular formula is C25H29N3O3. The number of benzene rings is 1. The maximum atomic E-state index is 13.4. The number of nitrogens with one attached hydrogen (secondary N) is 1. The van der Waals surface area contributed by atoms with Crippen molar-refractivity contribution in [3.63, 3.8) is 0 Å². The molecule has 2 aromatic rings. The molecule has 0 radical (unpaired) electrons. The van der Waals surface area contributed by atoms with Gasteiger partial charge in [-0.1, -0.05) is 61.6 Å². The van der Waals surface area contributed by atoms with Crippen molar-refractivity contribution in [2.75, 3.05) is 0 Å². The van der Waals surface area contributed by atoms with Gasteiger partial charge in [0, 0.05) is 25.4 Å². The van der Waals surface area contributed by atoms with Crippen molar-refractivity contribution in [1.29, 1.82) is 0 Å². The number of hydrogen-bond donors (Lipinski definition) is 3. The molecular weight excluding hydrogens is 390 g/mol. The number of pyridine rings is 1. The quantitative estimate of drug-likeness (QED) is 0.546. The first-order valence-electron chi connectivity index (χ1n) is 10.5. The zero-order valence-electron chi connectivity index (χ0n) is 17.6. The van der Waals surface area contributed by atoms with Crippen LogP contribution in [0.4, 0.5) is 0 Å². The van der Waals surface area contributed by atoms with Crippen molar-refractivity contribution in [2.45, 2.75) is 37.9 Å². The van der Waals surface area contributed by atoms with Gasteiger partial charge in [0.15, 0.2) is 0 Å². The summed E-state index contributed by atoms with van der Waals surface area (Å²) >= 11 is 0. The lowest BCUT2D eigenvalue weighted by atomic mass is 9.71. The number of nitrogens with zero attached hydrogens (tertiary/aromatic N) is 1. The first-order chi connectivity index (χ1) is 14.9. The second-order valence-corrected chi connectivity index (χ2v) is 8.12. The van der Waals surface area contributed by atoms with Gasteiger partial charge in [0.25, 0.3) is 0 Å². The molecule has 1 aromatic heterocycles. The van der Waals surface area contributed by atoms with E-state index in [-0.39, 0.29) is 24.5 Å². The lowest BCUT2D eigenvalue weighted by Crippen LogP contribution is -2.50. The van der Waals surface area contributed by atoms with Crippen LogP contribution in [0, 0.1) is 11.8 Å². The molecule has 162 valence electrons. The smallest absolute Gasteiger partial charge is 0.320 e. The molecule has 0 spiro atoms. The van der Waals surface area contributed by atoms with Crippen LogP contribution in [0.5, 0.6) is 0 Å². The van der Waals surface area contributed by atoms with Crippen molar-refractivity contribution in [3.05, 3.63) is 90.3 Å². The number of carbonyl (C=O) groups excluding carboxylic acids is 1. The highest BCUT2D eigenvalue weighted by molar-refractivity contribution is 5.85. The Labute approximate surface area is 182 Å². The van der Waals surface area contributed by atoms with Gasteiger partial charge in [-0.25, -0.2) is 0 Å². The zero-order chi connectivity index (χ0) is 22.3. The standard InChI is InChI=1S/C25H29N3O3/c1-18(15-22(26)24(30)31)16-23(29)21-9-5-6-12-25(21,20-7-3-2-4-8-20)28-17-19-10-13-27-14-11-19/h2-14,18,21-22,28H,15-17,26H2,1H3,(H,30,31). The van der Waals surface area contributed by atoms with Gasteiger partial charge in [0.1, 0.15) is 11.8 Å². The molecule has 1 heterocycles. The summed E-state index contributed by atoms with van der Waals surface area (Å²) in [5, 5.41) is 12.7. The third-order valence-electron chi connectivity index (χ3n) is 5.72. The number of nitrogens with two attached hydrogens (primary N) is 1. The van der Waals surface area contributed by atoms with Gasteiger partial charge in [0.2, 0.25) is 0 Å². The Morgan fingerprint density at radius 2 is 1.87 bits per heavy atom. The predicted octanol–water partition coefficient (Wildman–Crippen LogP) is 3.21. The largest absolute Gasteiger partial charge is 0.480 e. The van der Waals surface area contributed by atoms with E-state index in [1.165, 1.54) is 0 Å². The highest BCUT2D eigenvalue weighted by Crippen LogP contribution is 2.37. The molecule has 0 aliphatic heterocycles. The highest BCUT2D eigenvalue weighted by Gasteiger charge is 2.41. The third-order valence-corrected chi connectivity index (χ3v) is 5.72. The van der Waals surface area contributed by atoms with Gasteiger partial charge < -0.3 is 10.8 Å². The van der Waals surface area contributed by atoms with Crippen molar-refractivity contribution in [3.8, 4) is 0 Å². The predicted molar refractivity (Wildman–Crippen MR) is 120 cm³/mol. The molecule has 4 unspecified atom stereocenters. The molecule has 4 atom stereocenters. The average Bonchev–Trinajstić information content (AvgIpc) is 2.79. The van der Waals surface area contributed by atoms with Crippen LogP contribution in [0.15, 0.2) is 79.2 Å². The number of aromatic nitrogens is 1. The number of Topliss-reactive ketones (excluding diaryl/α,β-unsaturated/α-hetero) is 1. The van der Waals surface area contributed by atoms with Crippen LogP contribution in [-0.4, -0.2) is 27.9 Å². The monoisotopic (exact) mass is 419 g/mol. The summed E-state index contributed by atoms with van der Waals surface area (Å²) in [6.07, 6.45) is 11.8. The minimum absolute atomic E-state index is 0.0526. The molecule has 4 N–H and O–H groups in total. The number of rotatable bonds is 10. The van der Waals surface area contributed by atoms with Gasteiger partial charge >= 0.3 is 5.97 Å². The van der Waals surface area contributed by atoms with Gasteiger partial charge in [-0.2, -0.15) is 0 Å². The maximum absolute atomic E-state index is 13.4. The summed E-state index contributed by atoms with van der Waals surface area (Å²) < 4.78 is 0. The number of ketones is 1. The number of aliphatic carboxylic acids is 1. The van der Waals surface area contributed by atoms with Crippen LogP contribution in [0.2, 0.25) is 0 Å². The van der Waals surface area contributed by atoms with Crippen molar-refractivity contribution in [1.82, 2.24) is 10.3 Å². The van der Waals surface area contributed by atoms with Crippen LogP contribution in [0.1, 0.15) is 30.9 Å². The Balaban J connectivity index is 1.86. The number of carboxylic acids is 1. The van der Waals surface area contributed by atoms with E-state index in [9.17, 15) is 9.59 Å². The summed E-state index contributed by atoms with van der Waals surface area (Å²) in [6, 6.07) is 12.9. The molecule has 0 bridgehead atoms. The van der Waals surface area contributed by atoms with Crippen LogP contribution in [0.25, 0.3) is 0 Å². The van der Waals surface area contributed by atoms with E-state index in [0.717, 1.165) is 11.1 Å². The van der Waals surface area contributed by atoms with Crippen LogP contribution in [0.3, 0.4) is 0 Å². The first kappa shape index (κ1) is 22.6. The van der Waals surface area contributed by atoms with E-state index in [1.54, 1.807) is 12.4 Å². The van der Waals surface area contributed by atoms with Gasteiger partial charge in [-0.05, 0) is 35.6 Å². The zero-order valence-corrected chi connectivity index (χ0v) is 17.6. The van der Waals surface area contributed by atoms with Gasteiger partial charge in [-0.15, -0.1) is 0 Å². The maximum Gasteiger partial charge on any atom is 0.320 e. The fourth-order valence-corrected chi connectivity index (χ4v) is 4.10.